The molecule has 0 aliphatic heterocycles. The van der Waals surface area contributed by atoms with Crippen LogP contribution in [-0.4, -0.2) is 12.8 Å². The Kier molecular flexibility index (Phi) is 7.51. The SMILES string of the molecule is CCl.CCl.Cc1cc(C)c2c(c1)[CH]([Zr])c1ccccc1-2. The van der Waals surface area contributed by atoms with Crippen molar-refractivity contribution in [3.8, 4) is 11.1 Å². The molecule has 2 aromatic rings. The molecule has 1 aliphatic carbocycles. The predicted octanol–water partition coefficient (Wildman–Crippen LogP) is 5.63. The van der Waals surface area contributed by atoms with E-state index in [1.165, 1.54) is 46.1 Å². The number of rotatable bonds is 0. The Bertz CT molecular complexity index is 579. The summed E-state index contributed by atoms with van der Waals surface area (Å²) in [5.74, 6) is 0. The molecule has 1 atom stereocenters. The molecule has 0 saturated heterocycles. The molecule has 0 nitrogen and oxygen atoms in total. The third-order valence-corrected chi connectivity index (χ3v) is 4.89. The van der Waals surface area contributed by atoms with Gasteiger partial charge >= 0.3 is 112 Å². The zero-order valence-corrected chi connectivity index (χ0v) is 16.3. The van der Waals surface area contributed by atoms with Crippen molar-refractivity contribution in [3.05, 3.63) is 58.7 Å². The van der Waals surface area contributed by atoms with Crippen molar-refractivity contribution in [1.29, 1.82) is 0 Å². The quantitative estimate of drug-likeness (QED) is 0.516. The van der Waals surface area contributed by atoms with Crippen LogP contribution < -0.4 is 0 Å². The summed E-state index contributed by atoms with van der Waals surface area (Å²) in [4.78, 5) is 0. The zero-order chi connectivity index (χ0) is 15.3. The molecule has 1 unspecified atom stereocenters. The van der Waals surface area contributed by atoms with Crippen molar-refractivity contribution >= 4 is 23.2 Å². The van der Waals surface area contributed by atoms with Crippen LogP contribution in [0, 0.1) is 13.8 Å². The maximum atomic E-state index is 4.64. The molecular weight excluding hydrogens is 366 g/mol. The summed E-state index contributed by atoms with van der Waals surface area (Å²) in [5, 5.41) is 0. The van der Waals surface area contributed by atoms with Gasteiger partial charge in [0.15, 0.2) is 0 Å². The van der Waals surface area contributed by atoms with E-state index < -0.39 is 0 Å². The van der Waals surface area contributed by atoms with Crippen molar-refractivity contribution in [2.24, 2.45) is 0 Å². The molecule has 0 fully saturated rings. The number of hydrogen-bond donors (Lipinski definition) is 0. The Balaban J connectivity index is 0.000000461. The fourth-order valence-electron chi connectivity index (χ4n) is 2.74. The van der Waals surface area contributed by atoms with Crippen LogP contribution in [0.15, 0.2) is 36.4 Å². The molecule has 0 bridgehead atoms. The molecule has 0 amide bonds. The number of fused-ring (bicyclic) bond motifs is 3. The van der Waals surface area contributed by atoms with Gasteiger partial charge in [-0.1, -0.05) is 0 Å². The average Bonchev–Trinajstić information content (AvgIpc) is 2.77. The van der Waals surface area contributed by atoms with E-state index in [9.17, 15) is 0 Å². The Morgan fingerprint density at radius 3 is 2.15 bits per heavy atom. The molecule has 105 valence electrons. The molecule has 0 radical (unpaired) electrons. The van der Waals surface area contributed by atoms with E-state index in [1.807, 2.05) is 0 Å². The molecule has 0 heterocycles. The van der Waals surface area contributed by atoms with Gasteiger partial charge in [-0.15, -0.1) is 23.2 Å². The van der Waals surface area contributed by atoms with Crippen LogP contribution >= 0.6 is 23.2 Å². The zero-order valence-electron chi connectivity index (χ0n) is 12.3. The van der Waals surface area contributed by atoms with Crippen molar-refractivity contribution in [1.82, 2.24) is 0 Å². The standard InChI is InChI=1S/C15H13.2CH3Cl.Zr/c1-10-7-11(2)15-13(8-10)9-12-5-3-4-6-14(12)15;2*1-2;/h3-9H,1-2H3;2*1H3;. The van der Waals surface area contributed by atoms with Crippen molar-refractivity contribution in [2.75, 3.05) is 12.8 Å². The summed E-state index contributed by atoms with van der Waals surface area (Å²) in [6, 6.07) is 13.5. The Morgan fingerprint density at radius 2 is 1.50 bits per heavy atom. The number of halogens is 2. The van der Waals surface area contributed by atoms with E-state index in [4.69, 9.17) is 0 Å². The predicted molar refractivity (Wildman–Crippen MR) is 86.7 cm³/mol. The molecule has 1 aliphatic rings. The van der Waals surface area contributed by atoms with Crippen LogP contribution in [0.2, 0.25) is 0 Å². The second kappa shape index (κ2) is 8.37. The normalized spacial score (nSPS) is 14.2. The molecule has 3 heteroatoms. The first-order chi connectivity index (χ1) is 9.68. The summed E-state index contributed by atoms with van der Waals surface area (Å²) < 4.78 is 0.636. The second-order valence-electron chi connectivity index (χ2n) is 4.57. The number of hydrogen-bond acceptors (Lipinski definition) is 0. The summed E-state index contributed by atoms with van der Waals surface area (Å²) >= 11 is 10.9. The first kappa shape index (κ1) is 18.0. The first-order valence-corrected chi connectivity index (χ1v) is 9.29. The minimum atomic E-state index is 0.636. The third-order valence-electron chi connectivity index (χ3n) is 3.36. The van der Waals surface area contributed by atoms with Gasteiger partial charge in [0.2, 0.25) is 0 Å². The Labute approximate surface area is 147 Å². The number of aryl methyl sites for hydroxylation is 2. The molecule has 0 N–H and O–H groups in total. The van der Waals surface area contributed by atoms with E-state index in [0.29, 0.717) is 3.63 Å². The van der Waals surface area contributed by atoms with Gasteiger partial charge in [0.25, 0.3) is 0 Å². The van der Waals surface area contributed by atoms with E-state index in [-0.39, 0.29) is 0 Å². The summed E-state index contributed by atoms with van der Waals surface area (Å²) in [7, 11) is 0. The Hall–Kier alpha value is -0.0969. The maximum absolute atomic E-state index is 4.64. The van der Waals surface area contributed by atoms with Crippen LogP contribution in [0.25, 0.3) is 11.1 Å². The van der Waals surface area contributed by atoms with Gasteiger partial charge in [-0.2, -0.15) is 0 Å². The molecule has 2 aromatic carbocycles. The van der Waals surface area contributed by atoms with Gasteiger partial charge in [-0.3, -0.25) is 0 Å². The molecular formula is C17H19Cl2Zr. The van der Waals surface area contributed by atoms with Gasteiger partial charge in [0.1, 0.15) is 0 Å². The van der Waals surface area contributed by atoms with E-state index in [1.54, 1.807) is 24.7 Å². The van der Waals surface area contributed by atoms with Crippen molar-refractivity contribution in [2.45, 2.75) is 17.5 Å². The first-order valence-electron chi connectivity index (χ1n) is 6.35. The van der Waals surface area contributed by atoms with E-state index >= 15 is 0 Å². The van der Waals surface area contributed by atoms with Crippen molar-refractivity contribution < 1.29 is 24.7 Å². The van der Waals surface area contributed by atoms with Crippen LogP contribution in [0.1, 0.15) is 25.9 Å². The van der Waals surface area contributed by atoms with Gasteiger partial charge in [0.05, 0.1) is 0 Å². The van der Waals surface area contributed by atoms with Gasteiger partial charge in [-0.25, -0.2) is 0 Å². The average molecular weight is 385 g/mol. The van der Waals surface area contributed by atoms with Gasteiger partial charge in [0, 0.05) is 12.8 Å². The van der Waals surface area contributed by atoms with E-state index in [0.717, 1.165) is 0 Å². The molecule has 0 aromatic heterocycles. The van der Waals surface area contributed by atoms with Crippen LogP contribution in [-0.2, 0) is 24.7 Å². The van der Waals surface area contributed by atoms with Gasteiger partial charge in [-0.05, 0) is 0 Å². The summed E-state index contributed by atoms with van der Waals surface area (Å²) in [6.07, 6.45) is 2.94. The van der Waals surface area contributed by atoms with Crippen LogP contribution in [0.3, 0.4) is 0 Å². The minimum absolute atomic E-state index is 0.636. The van der Waals surface area contributed by atoms with Crippen LogP contribution in [0.5, 0.6) is 0 Å². The topological polar surface area (TPSA) is 0 Å². The van der Waals surface area contributed by atoms with Gasteiger partial charge < -0.3 is 0 Å². The monoisotopic (exact) mass is 383 g/mol. The molecule has 0 spiro atoms. The Morgan fingerprint density at radius 1 is 0.900 bits per heavy atom. The van der Waals surface area contributed by atoms with Crippen LogP contribution in [0.4, 0.5) is 0 Å². The molecule has 3 rings (SSSR count). The summed E-state index contributed by atoms with van der Waals surface area (Å²) in [5.41, 5.74) is 8.81. The fraction of sp³-hybridized carbons (Fsp3) is 0.294. The fourth-order valence-corrected chi connectivity index (χ4v) is 3.92. The van der Waals surface area contributed by atoms with Crippen molar-refractivity contribution in [3.63, 3.8) is 0 Å². The number of benzene rings is 2. The molecule has 0 saturated carbocycles. The summed E-state index contributed by atoms with van der Waals surface area (Å²) in [6.45, 7) is 4.43. The third kappa shape index (κ3) is 3.38. The number of alkyl halides is 2. The van der Waals surface area contributed by atoms with E-state index in [2.05, 4.69) is 73.4 Å². The molecule has 20 heavy (non-hydrogen) atoms. The second-order valence-corrected chi connectivity index (χ2v) is 5.99.